The highest BCUT2D eigenvalue weighted by molar-refractivity contribution is 6.31. The molecule has 3 heteroatoms. The Morgan fingerprint density at radius 2 is 1.78 bits per heavy atom. The number of hydrogen-bond donors (Lipinski definition) is 1. The van der Waals surface area contributed by atoms with Crippen LogP contribution in [-0.2, 0) is 0 Å². The molecule has 2 aromatic carbocycles. The molecule has 2 aromatic rings. The number of carbonyl (C=O) groups excluding carboxylic acids is 1. The quantitative estimate of drug-likeness (QED) is 0.834. The summed E-state index contributed by atoms with van der Waals surface area (Å²) in [6.45, 7) is 0. The Balaban J connectivity index is 2.00. The summed E-state index contributed by atoms with van der Waals surface area (Å²) in [5.74, 6) is 0.161. The molecule has 0 saturated heterocycles. The molecular formula is C15H12ClNO. The molecule has 1 N–H and O–H groups in total. The van der Waals surface area contributed by atoms with Crippen molar-refractivity contribution in [3.05, 3.63) is 64.7 Å². The Morgan fingerprint density at radius 1 is 1.06 bits per heavy atom. The minimum Gasteiger partial charge on any atom is -0.377 e. The van der Waals surface area contributed by atoms with Crippen LogP contribution in [0.2, 0.25) is 5.02 Å². The Labute approximate surface area is 111 Å². The number of carbonyl (C=O) groups is 1. The van der Waals surface area contributed by atoms with Crippen LogP contribution < -0.4 is 5.32 Å². The first-order valence-corrected chi connectivity index (χ1v) is 6.26. The van der Waals surface area contributed by atoms with Crippen LogP contribution in [0.4, 0.5) is 5.69 Å². The van der Waals surface area contributed by atoms with Crippen molar-refractivity contribution in [1.29, 1.82) is 0 Å². The van der Waals surface area contributed by atoms with Gasteiger partial charge in [0.25, 0.3) is 0 Å². The van der Waals surface area contributed by atoms with Gasteiger partial charge in [0.1, 0.15) is 0 Å². The summed E-state index contributed by atoms with van der Waals surface area (Å²) in [4.78, 5) is 12.1. The summed E-state index contributed by atoms with van der Waals surface area (Å²) in [5.41, 5.74) is 2.63. The molecule has 1 aliphatic heterocycles. The van der Waals surface area contributed by atoms with Crippen LogP contribution in [0, 0.1) is 0 Å². The second-order valence-electron chi connectivity index (χ2n) is 4.39. The fourth-order valence-electron chi connectivity index (χ4n) is 2.33. The van der Waals surface area contributed by atoms with E-state index in [9.17, 15) is 4.79 Å². The minimum absolute atomic E-state index is 0.0406. The molecule has 0 amide bonds. The number of hydrogen-bond acceptors (Lipinski definition) is 2. The monoisotopic (exact) mass is 257 g/mol. The van der Waals surface area contributed by atoms with E-state index in [0.29, 0.717) is 11.4 Å². The van der Waals surface area contributed by atoms with Crippen molar-refractivity contribution in [2.45, 2.75) is 12.5 Å². The molecule has 0 radical (unpaired) electrons. The molecule has 3 rings (SSSR count). The van der Waals surface area contributed by atoms with E-state index in [-0.39, 0.29) is 11.8 Å². The number of benzene rings is 2. The lowest BCUT2D eigenvalue weighted by Crippen LogP contribution is -2.22. The predicted molar refractivity (Wildman–Crippen MR) is 73.2 cm³/mol. The van der Waals surface area contributed by atoms with Gasteiger partial charge in [-0.15, -0.1) is 0 Å². The largest absolute Gasteiger partial charge is 0.377 e. The Bertz CT molecular complexity index is 609. The van der Waals surface area contributed by atoms with Crippen molar-refractivity contribution in [1.82, 2.24) is 0 Å². The molecule has 2 nitrogen and oxygen atoms in total. The van der Waals surface area contributed by atoms with E-state index in [0.717, 1.165) is 16.8 Å². The Kier molecular flexibility index (Phi) is 2.80. The van der Waals surface area contributed by atoms with Gasteiger partial charge < -0.3 is 5.32 Å². The van der Waals surface area contributed by atoms with Gasteiger partial charge in [0.05, 0.1) is 6.04 Å². The summed E-state index contributed by atoms with van der Waals surface area (Å²) in [6, 6.07) is 15.2. The van der Waals surface area contributed by atoms with E-state index in [4.69, 9.17) is 11.6 Å². The molecule has 0 aliphatic carbocycles. The maximum Gasteiger partial charge on any atom is 0.167 e. The topological polar surface area (TPSA) is 29.1 Å². The maximum atomic E-state index is 12.1. The summed E-state index contributed by atoms with van der Waals surface area (Å²) in [6.07, 6.45) is 0.445. The van der Waals surface area contributed by atoms with E-state index in [1.54, 1.807) is 0 Å². The zero-order valence-corrected chi connectivity index (χ0v) is 10.4. The van der Waals surface area contributed by atoms with Gasteiger partial charge in [-0.2, -0.15) is 0 Å². The van der Waals surface area contributed by atoms with Crippen LogP contribution in [0.3, 0.4) is 0 Å². The highest BCUT2D eigenvalue weighted by Crippen LogP contribution is 2.34. The normalized spacial score (nSPS) is 18.1. The third-order valence-corrected chi connectivity index (χ3v) is 3.57. The van der Waals surface area contributed by atoms with Crippen molar-refractivity contribution < 1.29 is 4.79 Å². The lowest BCUT2D eigenvalue weighted by molar-refractivity contribution is 0.0972. The molecule has 0 saturated carbocycles. The van der Waals surface area contributed by atoms with Crippen LogP contribution in [0.1, 0.15) is 28.4 Å². The van der Waals surface area contributed by atoms with Crippen molar-refractivity contribution in [3.63, 3.8) is 0 Å². The van der Waals surface area contributed by atoms with E-state index in [2.05, 4.69) is 5.32 Å². The van der Waals surface area contributed by atoms with Gasteiger partial charge in [0.2, 0.25) is 0 Å². The molecule has 0 bridgehead atoms. The Morgan fingerprint density at radius 3 is 2.61 bits per heavy atom. The van der Waals surface area contributed by atoms with Gasteiger partial charge in [-0.1, -0.05) is 41.9 Å². The predicted octanol–water partition coefficient (Wildman–Crippen LogP) is 4.08. The minimum atomic E-state index is -0.0406. The number of ketones is 1. The van der Waals surface area contributed by atoms with Crippen LogP contribution in [-0.4, -0.2) is 5.78 Å². The van der Waals surface area contributed by atoms with Crippen molar-refractivity contribution >= 4 is 23.1 Å². The highest BCUT2D eigenvalue weighted by Gasteiger charge is 2.26. The number of halogens is 1. The summed E-state index contributed by atoms with van der Waals surface area (Å²) < 4.78 is 0. The van der Waals surface area contributed by atoms with Crippen LogP contribution in [0.5, 0.6) is 0 Å². The number of rotatable bonds is 1. The third-order valence-electron chi connectivity index (χ3n) is 3.23. The number of anilines is 1. The summed E-state index contributed by atoms with van der Waals surface area (Å²) >= 11 is 6.18. The van der Waals surface area contributed by atoms with Crippen molar-refractivity contribution in [3.8, 4) is 0 Å². The Hall–Kier alpha value is -1.80. The average molecular weight is 258 g/mol. The lowest BCUT2D eigenvalue weighted by atomic mass is 9.92. The third kappa shape index (κ3) is 1.89. The van der Waals surface area contributed by atoms with Gasteiger partial charge in [-0.25, -0.2) is 0 Å². The molecule has 1 unspecified atom stereocenters. The lowest BCUT2D eigenvalue weighted by Gasteiger charge is -2.27. The van der Waals surface area contributed by atoms with Crippen LogP contribution >= 0.6 is 11.6 Å². The van der Waals surface area contributed by atoms with E-state index in [1.165, 1.54) is 0 Å². The molecule has 18 heavy (non-hydrogen) atoms. The molecule has 1 atom stereocenters. The van der Waals surface area contributed by atoms with Gasteiger partial charge >= 0.3 is 0 Å². The van der Waals surface area contributed by atoms with Gasteiger partial charge in [-0.05, 0) is 23.8 Å². The van der Waals surface area contributed by atoms with Gasteiger partial charge in [-0.3, -0.25) is 4.79 Å². The highest BCUT2D eigenvalue weighted by atomic mass is 35.5. The number of para-hydroxylation sites is 1. The van der Waals surface area contributed by atoms with E-state index in [1.807, 2.05) is 48.5 Å². The van der Waals surface area contributed by atoms with Gasteiger partial charge in [0.15, 0.2) is 5.78 Å². The number of fused-ring (bicyclic) bond motifs is 1. The number of Topliss-reactive ketones (excluding diaryl/α,β-unsaturated/α-hetero) is 1. The van der Waals surface area contributed by atoms with Crippen molar-refractivity contribution in [2.75, 3.05) is 5.32 Å². The first-order valence-electron chi connectivity index (χ1n) is 5.89. The van der Waals surface area contributed by atoms with Crippen LogP contribution in [0.25, 0.3) is 0 Å². The second kappa shape index (κ2) is 4.46. The average Bonchev–Trinajstić information content (AvgIpc) is 2.39. The molecule has 0 spiro atoms. The zero-order chi connectivity index (χ0) is 12.5. The molecule has 90 valence electrons. The SMILES string of the molecule is O=C1CC(c2ccccc2Cl)Nc2ccccc21. The first kappa shape index (κ1) is 11.3. The first-order chi connectivity index (χ1) is 8.75. The molecule has 0 fully saturated rings. The number of nitrogens with one attached hydrogen (secondary N) is 1. The standard InChI is InChI=1S/C15H12ClNO/c16-12-7-3-1-5-10(12)14-9-15(18)11-6-2-4-8-13(11)17-14/h1-8,14,17H,9H2. The molecular weight excluding hydrogens is 246 g/mol. The second-order valence-corrected chi connectivity index (χ2v) is 4.80. The fourth-order valence-corrected chi connectivity index (χ4v) is 2.60. The fraction of sp³-hybridized carbons (Fsp3) is 0.133. The zero-order valence-electron chi connectivity index (χ0n) is 9.69. The smallest absolute Gasteiger partial charge is 0.167 e. The molecule has 1 aliphatic rings. The van der Waals surface area contributed by atoms with E-state index >= 15 is 0 Å². The van der Waals surface area contributed by atoms with Gasteiger partial charge in [0, 0.05) is 22.7 Å². The molecule has 0 aromatic heterocycles. The van der Waals surface area contributed by atoms with Crippen LogP contribution in [0.15, 0.2) is 48.5 Å². The molecule has 1 heterocycles. The summed E-state index contributed by atoms with van der Waals surface area (Å²) in [7, 11) is 0. The van der Waals surface area contributed by atoms with E-state index < -0.39 is 0 Å². The maximum absolute atomic E-state index is 12.1. The van der Waals surface area contributed by atoms with Crippen molar-refractivity contribution in [2.24, 2.45) is 0 Å². The summed E-state index contributed by atoms with van der Waals surface area (Å²) in [5, 5.41) is 4.08.